The minimum absolute atomic E-state index is 0.0709. The van der Waals surface area contributed by atoms with Crippen molar-refractivity contribution >= 4 is 17.6 Å². The Balaban J connectivity index is 1.40. The van der Waals surface area contributed by atoms with E-state index in [1.807, 2.05) is 17.0 Å². The first-order valence-electron chi connectivity index (χ1n) is 9.19. The molecule has 1 unspecified atom stereocenters. The molecule has 0 saturated carbocycles. The number of carbonyl (C=O) groups excluding carboxylic acids is 2. The molecule has 1 amide bonds. The zero-order valence-corrected chi connectivity index (χ0v) is 14.6. The van der Waals surface area contributed by atoms with Gasteiger partial charge >= 0.3 is 0 Å². The Kier molecular flexibility index (Phi) is 4.65. The van der Waals surface area contributed by atoms with E-state index in [1.54, 1.807) is 24.5 Å². The summed E-state index contributed by atoms with van der Waals surface area (Å²) in [4.78, 5) is 35.5. The zero-order valence-electron chi connectivity index (χ0n) is 14.6. The van der Waals surface area contributed by atoms with E-state index < -0.39 is 11.7 Å². The van der Waals surface area contributed by atoms with Crippen LogP contribution in [0.3, 0.4) is 0 Å². The van der Waals surface area contributed by atoms with Gasteiger partial charge in [-0.25, -0.2) is 9.97 Å². The van der Waals surface area contributed by atoms with Gasteiger partial charge in [0.25, 0.3) is 5.91 Å². The maximum Gasteiger partial charge on any atom is 0.292 e. The Bertz CT molecular complexity index is 822. The Morgan fingerprint density at radius 3 is 2.73 bits per heavy atom. The fourth-order valence-corrected chi connectivity index (χ4v) is 3.83. The summed E-state index contributed by atoms with van der Waals surface area (Å²) in [7, 11) is 0. The van der Waals surface area contributed by atoms with Gasteiger partial charge in [-0.15, -0.1) is 0 Å². The summed E-state index contributed by atoms with van der Waals surface area (Å²) < 4.78 is 0. The lowest BCUT2D eigenvalue weighted by Gasteiger charge is -2.32. The normalized spacial score (nSPS) is 19.1. The number of nitrogens with zero attached hydrogens (tertiary/aromatic N) is 3. The van der Waals surface area contributed by atoms with Crippen LogP contribution in [0.15, 0.2) is 36.7 Å². The van der Waals surface area contributed by atoms with Crippen LogP contribution in [-0.4, -0.2) is 40.8 Å². The molecule has 1 aliphatic carbocycles. The van der Waals surface area contributed by atoms with Crippen molar-refractivity contribution in [1.29, 1.82) is 0 Å². The summed E-state index contributed by atoms with van der Waals surface area (Å²) in [5.41, 5.74) is 2.99. The Hall–Kier alpha value is -2.76. The first kappa shape index (κ1) is 16.7. The average molecular weight is 350 g/mol. The molecular formula is C20H22N4O2. The molecule has 1 aromatic heterocycles. The smallest absolute Gasteiger partial charge is 0.292 e. The maximum atomic E-state index is 12.5. The Labute approximate surface area is 152 Å². The number of hydrogen-bond donors (Lipinski definition) is 1. The van der Waals surface area contributed by atoms with E-state index >= 15 is 0 Å². The summed E-state index contributed by atoms with van der Waals surface area (Å²) >= 11 is 0. The number of hydrogen-bond acceptors (Lipinski definition) is 5. The molecule has 1 N–H and O–H groups in total. The van der Waals surface area contributed by atoms with Gasteiger partial charge in [-0.05, 0) is 55.4 Å². The number of nitrogens with one attached hydrogen (secondary N) is 1. The summed E-state index contributed by atoms with van der Waals surface area (Å²) in [6, 6.07) is 7.35. The number of Topliss-reactive ketones (excluding diaryl/α,β-unsaturated/α-hetero) is 1. The van der Waals surface area contributed by atoms with Gasteiger partial charge in [0.15, 0.2) is 0 Å². The quantitative estimate of drug-likeness (QED) is 0.674. The Morgan fingerprint density at radius 1 is 1.08 bits per heavy atom. The second kappa shape index (κ2) is 7.23. The molecule has 0 bridgehead atoms. The number of anilines is 1. The van der Waals surface area contributed by atoms with Gasteiger partial charge in [0.05, 0.1) is 0 Å². The van der Waals surface area contributed by atoms with E-state index in [4.69, 9.17) is 0 Å². The third kappa shape index (κ3) is 3.45. The molecule has 134 valence electrons. The zero-order chi connectivity index (χ0) is 17.9. The number of carbonyl (C=O) groups is 2. The van der Waals surface area contributed by atoms with Crippen LogP contribution >= 0.6 is 0 Å². The van der Waals surface area contributed by atoms with Gasteiger partial charge in [-0.1, -0.05) is 12.1 Å². The number of piperidine rings is 1. The van der Waals surface area contributed by atoms with Crippen molar-refractivity contribution in [3.63, 3.8) is 0 Å². The van der Waals surface area contributed by atoms with Crippen molar-refractivity contribution < 1.29 is 9.59 Å². The first-order chi connectivity index (χ1) is 12.7. The van der Waals surface area contributed by atoms with Crippen molar-refractivity contribution in [2.45, 2.75) is 38.1 Å². The number of benzene rings is 1. The highest BCUT2D eigenvalue weighted by atomic mass is 16.2. The van der Waals surface area contributed by atoms with E-state index in [9.17, 15) is 9.59 Å². The Morgan fingerprint density at radius 2 is 1.88 bits per heavy atom. The van der Waals surface area contributed by atoms with Crippen LogP contribution in [0.2, 0.25) is 0 Å². The number of ketones is 1. The molecule has 2 heterocycles. The van der Waals surface area contributed by atoms with E-state index in [-0.39, 0.29) is 6.04 Å². The number of amides is 1. The van der Waals surface area contributed by atoms with Crippen molar-refractivity contribution in [1.82, 2.24) is 15.3 Å². The van der Waals surface area contributed by atoms with E-state index in [1.165, 1.54) is 11.1 Å². The molecule has 4 rings (SSSR count). The molecule has 1 aliphatic heterocycles. The third-order valence-corrected chi connectivity index (χ3v) is 5.16. The lowest BCUT2D eigenvalue weighted by molar-refractivity contribution is -0.117. The lowest BCUT2D eigenvalue weighted by atomic mass is 10.0. The molecule has 2 aromatic rings. The highest BCUT2D eigenvalue weighted by molar-refractivity contribution is 6.42. The molecule has 1 aromatic carbocycles. The lowest BCUT2D eigenvalue weighted by Crippen LogP contribution is -2.49. The molecule has 1 fully saturated rings. The largest absolute Gasteiger partial charge is 0.345 e. The van der Waals surface area contributed by atoms with Gasteiger partial charge in [0.1, 0.15) is 0 Å². The standard InChI is InChI=1S/C20H22N4O2/c25-18(16-8-7-14-4-1-5-15(14)12-16)19(26)23-17-6-2-11-24(13-17)20-21-9-3-10-22-20/h3,7-10,12,17H,1-2,4-6,11,13H2,(H,23,26). The fourth-order valence-electron chi connectivity index (χ4n) is 3.83. The number of rotatable bonds is 4. The van der Waals surface area contributed by atoms with Crippen LogP contribution in [-0.2, 0) is 17.6 Å². The molecular weight excluding hydrogens is 328 g/mol. The summed E-state index contributed by atoms with van der Waals surface area (Å²) in [5.74, 6) is -0.312. The number of aryl methyl sites for hydroxylation is 2. The molecule has 26 heavy (non-hydrogen) atoms. The van der Waals surface area contributed by atoms with Crippen molar-refractivity contribution in [3.8, 4) is 0 Å². The molecule has 6 heteroatoms. The van der Waals surface area contributed by atoms with E-state index in [0.29, 0.717) is 18.1 Å². The predicted octanol–water partition coefficient (Wildman–Crippen LogP) is 1.93. The molecule has 1 atom stereocenters. The third-order valence-electron chi connectivity index (χ3n) is 5.16. The molecule has 0 radical (unpaired) electrons. The maximum absolute atomic E-state index is 12.5. The average Bonchev–Trinajstić information content (AvgIpc) is 3.16. The molecule has 6 nitrogen and oxygen atoms in total. The van der Waals surface area contributed by atoms with E-state index in [2.05, 4.69) is 15.3 Å². The molecule has 2 aliphatic rings. The van der Waals surface area contributed by atoms with Gasteiger partial charge in [-0.2, -0.15) is 0 Å². The number of aromatic nitrogens is 2. The minimum atomic E-state index is -0.524. The van der Waals surface area contributed by atoms with Crippen LogP contribution in [0.4, 0.5) is 5.95 Å². The van der Waals surface area contributed by atoms with Crippen LogP contribution in [0.1, 0.15) is 40.7 Å². The molecule has 1 saturated heterocycles. The van der Waals surface area contributed by atoms with Crippen molar-refractivity contribution in [3.05, 3.63) is 53.3 Å². The fraction of sp³-hybridized carbons (Fsp3) is 0.400. The summed E-state index contributed by atoms with van der Waals surface area (Å²) in [6.07, 6.45) is 8.38. The second-order valence-electron chi connectivity index (χ2n) is 6.97. The highest BCUT2D eigenvalue weighted by Gasteiger charge is 2.26. The topological polar surface area (TPSA) is 75.2 Å². The van der Waals surface area contributed by atoms with E-state index in [0.717, 1.165) is 38.6 Å². The van der Waals surface area contributed by atoms with Crippen LogP contribution in [0.5, 0.6) is 0 Å². The van der Waals surface area contributed by atoms with Crippen LogP contribution < -0.4 is 10.2 Å². The monoisotopic (exact) mass is 350 g/mol. The van der Waals surface area contributed by atoms with Crippen LogP contribution in [0, 0.1) is 0 Å². The highest BCUT2D eigenvalue weighted by Crippen LogP contribution is 2.23. The van der Waals surface area contributed by atoms with Gasteiger partial charge in [0, 0.05) is 37.1 Å². The summed E-state index contributed by atoms with van der Waals surface area (Å²) in [6.45, 7) is 1.47. The van der Waals surface area contributed by atoms with Crippen molar-refractivity contribution in [2.24, 2.45) is 0 Å². The van der Waals surface area contributed by atoms with Gasteiger partial charge in [0.2, 0.25) is 11.7 Å². The second-order valence-corrected chi connectivity index (χ2v) is 6.97. The minimum Gasteiger partial charge on any atom is -0.345 e. The number of fused-ring (bicyclic) bond motifs is 1. The van der Waals surface area contributed by atoms with Gasteiger partial charge < -0.3 is 10.2 Å². The van der Waals surface area contributed by atoms with Gasteiger partial charge in [-0.3, -0.25) is 9.59 Å². The SMILES string of the molecule is O=C(NC1CCCN(c2ncccn2)C1)C(=O)c1ccc2c(c1)CCC2. The molecule has 0 spiro atoms. The summed E-state index contributed by atoms with van der Waals surface area (Å²) in [5, 5.41) is 2.90. The van der Waals surface area contributed by atoms with Crippen LogP contribution in [0.25, 0.3) is 0 Å². The van der Waals surface area contributed by atoms with Crippen molar-refractivity contribution in [2.75, 3.05) is 18.0 Å². The predicted molar refractivity (Wildman–Crippen MR) is 98.2 cm³/mol. The first-order valence-corrected chi connectivity index (χ1v) is 9.19.